The van der Waals surface area contributed by atoms with Crippen molar-refractivity contribution in [2.45, 2.75) is 24.9 Å². The Bertz CT molecular complexity index is 722. The second-order valence-electron chi connectivity index (χ2n) is 4.64. The SMILES string of the molecule is CC(O)(c1nnc(-c2ncc(C(F)(F)F)cc2N)o1)C(F)(F)F. The molecule has 0 spiro atoms. The van der Waals surface area contributed by atoms with Crippen LogP contribution in [-0.2, 0) is 11.8 Å². The van der Waals surface area contributed by atoms with Gasteiger partial charge in [0.25, 0.3) is 11.8 Å². The highest BCUT2D eigenvalue weighted by Gasteiger charge is 2.55. The third kappa shape index (κ3) is 3.06. The van der Waals surface area contributed by atoms with Crippen LogP contribution in [0.1, 0.15) is 18.4 Å². The number of alkyl halides is 6. The van der Waals surface area contributed by atoms with Gasteiger partial charge in [0.2, 0.25) is 5.60 Å². The Labute approximate surface area is 123 Å². The molecule has 0 saturated carbocycles. The van der Waals surface area contributed by atoms with Gasteiger partial charge in [0, 0.05) is 6.20 Å². The van der Waals surface area contributed by atoms with Crippen molar-refractivity contribution in [1.82, 2.24) is 15.2 Å². The average Bonchev–Trinajstić information content (AvgIpc) is 2.86. The fourth-order valence-corrected chi connectivity index (χ4v) is 1.45. The molecule has 1 atom stereocenters. The molecule has 1 unspecified atom stereocenters. The predicted octanol–water partition coefficient (Wildman–Crippen LogP) is 2.50. The van der Waals surface area contributed by atoms with Gasteiger partial charge in [-0.3, -0.25) is 0 Å². The molecule has 3 N–H and O–H groups in total. The molecule has 126 valence electrons. The zero-order valence-corrected chi connectivity index (χ0v) is 11.2. The largest absolute Gasteiger partial charge is 0.426 e. The molecule has 0 saturated heterocycles. The number of nitrogen functional groups attached to an aromatic ring is 1. The number of hydrogen-bond acceptors (Lipinski definition) is 6. The molecule has 2 rings (SSSR count). The molecule has 2 aromatic heterocycles. The first kappa shape index (κ1) is 17.0. The molecule has 0 aromatic carbocycles. The molecular weight excluding hydrogens is 334 g/mol. The fraction of sp³-hybridized carbons (Fsp3) is 0.364. The number of nitrogens with zero attached hydrogens (tertiary/aromatic N) is 3. The summed E-state index contributed by atoms with van der Waals surface area (Å²) in [6, 6.07) is 0.522. The molecule has 0 amide bonds. The van der Waals surface area contributed by atoms with Gasteiger partial charge in [-0.05, 0) is 13.0 Å². The highest BCUT2D eigenvalue weighted by atomic mass is 19.4. The average molecular weight is 342 g/mol. The van der Waals surface area contributed by atoms with Crippen LogP contribution in [0.5, 0.6) is 0 Å². The van der Waals surface area contributed by atoms with Crippen LogP contribution in [0.3, 0.4) is 0 Å². The Morgan fingerprint density at radius 1 is 1.13 bits per heavy atom. The molecule has 0 bridgehead atoms. The van der Waals surface area contributed by atoms with Crippen molar-refractivity contribution in [3.8, 4) is 11.6 Å². The van der Waals surface area contributed by atoms with Crippen LogP contribution >= 0.6 is 0 Å². The zero-order chi connectivity index (χ0) is 17.6. The minimum absolute atomic E-state index is 0.383. The van der Waals surface area contributed by atoms with Gasteiger partial charge in [-0.25, -0.2) is 4.98 Å². The summed E-state index contributed by atoms with van der Waals surface area (Å²) in [5, 5.41) is 15.6. The number of aromatic nitrogens is 3. The lowest BCUT2D eigenvalue weighted by Crippen LogP contribution is -2.39. The maximum atomic E-state index is 12.7. The zero-order valence-electron chi connectivity index (χ0n) is 11.2. The second-order valence-corrected chi connectivity index (χ2v) is 4.64. The third-order valence-electron chi connectivity index (χ3n) is 2.84. The smallest absolute Gasteiger partial charge is 0.416 e. The minimum atomic E-state index is -5.10. The molecule has 12 heteroatoms. The number of rotatable bonds is 2. The van der Waals surface area contributed by atoms with E-state index in [9.17, 15) is 31.4 Å². The minimum Gasteiger partial charge on any atom is -0.416 e. The number of nitrogens with two attached hydrogens (primary N) is 1. The van der Waals surface area contributed by atoms with Gasteiger partial charge in [-0.15, -0.1) is 10.2 Å². The van der Waals surface area contributed by atoms with Crippen molar-refractivity contribution < 1.29 is 35.9 Å². The summed E-state index contributed by atoms with van der Waals surface area (Å²) in [7, 11) is 0. The lowest BCUT2D eigenvalue weighted by atomic mass is 10.1. The molecule has 2 aromatic rings. The first-order valence-corrected chi connectivity index (χ1v) is 5.80. The van der Waals surface area contributed by atoms with Crippen LogP contribution in [0.25, 0.3) is 11.6 Å². The highest BCUT2D eigenvalue weighted by Crippen LogP contribution is 2.39. The predicted molar refractivity (Wildman–Crippen MR) is 62.6 cm³/mol. The van der Waals surface area contributed by atoms with Gasteiger partial charge < -0.3 is 15.3 Å². The van der Waals surface area contributed by atoms with E-state index < -0.39 is 46.7 Å². The van der Waals surface area contributed by atoms with Crippen LogP contribution in [0, 0.1) is 0 Å². The molecule has 0 aliphatic heterocycles. The number of hydrogen-bond donors (Lipinski definition) is 2. The first-order chi connectivity index (χ1) is 10.3. The van der Waals surface area contributed by atoms with E-state index >= 15 is 0 Å². The van der Waals surface area contributed by atoms with Crippen molar-refractivity contribution >= 4 is 5.69 Å². The van der Waals surface area contributed by atoms with E-state index in [0.717, 1.165) is 0 Å². The lowest BCUT2D eigenvalue weighted by molar-refractivity contribution is -0.266. The van der Waals surface area contributed by atoms with Crippen LogP contribution < -0.4 is 5.73 Å². The monoisotopic (exact) mass is 342 g/mol. The fourth-order valence-electron chi connectivity index (χ4n) is 1.45. The number of anilines is 1. The Balaban J connectivity index is 2.42. The molecule has 23 heavy (non-hydrogen) atoms. The van der Waals surface area contributed by atoms with Crippen LogP contribution in [-0.4, -0.2) is 26.5 Å². The third-order valence-corrected chi connectivity index (χ3v) is 2.84. The molecule has 0 aliphatic rings. The van der Waals surface area contributed by atoms with Gasteiger partial charge >= 0.3 is 12.4 Å². The van der Waals surface area contributed by atoms with Crippen molar-refractivity contribution in [3.05, 3.63) is 23.7 Å². The number of halogens is 6. The van der Waals surface area contributed by atoms with Crippen molar-refractivity contribution in [1.29, 1.82) is 0 Å². The second kappa shape index (κ2) is 5.08. The van der Waals surface area contributed by atoms with Gasteiger partial charge in [-0.1, -0.05) is 0 Å². The Morgan fingerprint density at radius 2 is 1.74 bits per heavy atom. The summed E-state index contributed by atoms with van der Waals surface area (Å²) in [5.74, 6) is -1.85. The maximum absolute atomic E-state index is 12.7. The van der Waals surface area contributed by atoms with E-state index in [4.69, 9.17) is 5.73 Å². The highest BCUT2D eigenvalue weighted by molar-refractivity contribution is 5.66. The number of pyridine rings is 1. The molecule has 0 fully saturated rings. The van der Waals surface area contributed by atoms with Crippen molar-refractivity contribution in [2.24, 2.45) is 0 Å². The number of aliphatic hydroxyl groups is 1. The van der Waals surface area contributed by atoms with Gasteiger partial charge in [0.1, 0.15) is 5.69 Å². The van der Waals surface area contributed by atoms with Gasteiger partial charge in [-0.2, -0.15) is 26.3 Å². The quantitative estimate of drug-likeness (QED) is 0.814. The van der Waals surface area contributed by atoms with E-state index in [1.54, 1.807) is 0 Å². The van der Waals surface area contributed by atoms with Gasteiger partial charge in [0.05, 0.1) is 11.3 Å². The summed E-state index contributed by atoms with van der Waals surface area (Å²) in [6.45, 7) is 0.383. The van der Waals surface area contributed by atoms with E-state index in [1.165, 1.54) is 0 Å². The molecule has 0 radical (unpaired) electrons. The molecule has 0 aliphatic carbocycles. The van der Waals surface area contributed by atoms with E-state index in [0.29, 0.717) is 19.2 Å². The Hall–Kier alpha value is -2.37. The summed E-state index contributed by atoms with van der Waals surface area (Å²) in [4.78, 5) is 3.37. The first-order valence-electron chi connectivity index (χ1n) is 5.80. The summed E-state index contributed by atoms with van der Waals surface area (Å²) >= 11 is 0. The normalized spacial score (nSPS) is 15.5. The summed E-state index contributed by atoms with van der Waals surface area (Å²) < 4.78 is 80.1. The van der Waals surface area contributed by atoms with E-state index in [1.807, 2.05) is 0 Å². The molecule has 6 nitrogen and oxygen atoms in total. The van der Waals surface area contributed by atoms with Crippen LogP contribution in [0.4, 0.5) is 32.0 Å². The maximum Gasteiger partial charge on any atom is 0.426 e. The van der Waals surface area contributed by atoms with E-state index in [2.05, 4.69) is 19.6 Å². The Morgan fingerprint density at radius 3 is 2.22 bits per heavy atom. The standard InChI is InChI=1S/C11H8F6N4O2/c1-9(22,11(15,16)17)8-21-20-7(23-8)6-5(18)2-4(3-19-6)10(12,13)14/h2-3,22H,18H2,1H3. The van der Waals surface area contributed by atoms with Crippen molar-refractivity contribution in [2.75, 3.05) is 5.73 Å². The summed E-state index contributed by atoms with van der Waals surface area (Å²) in [6.07, 6.45) is -9.38. The van der Waals surface area contributed by atoms with E-state index in [-0.39, 0.29) is 0 Å². The molecule has 2 heterocycles. The van der Waals surface area contributed by atoms with Crippen LogP contribution in [0.15, 0.2) is 16.7 Å². The Kier molecular flexibility index (Phi) is 3.75. The lowest BCUT2D eigenvalue weighted by Gasteiger charge is -2.21. The summed E-state index contributed by atoms with van der Waals surface area (Å²) in [5.41, 5.74) is -0.166. The van der Waals surface area contributed by atoms with Crippen molar-refractivity contribution in [3.63, 3.8) is 0 Å². The van der Waals surface area contributed by atoms with Gasteiger partial charge in [0.15, 0.2) is 0 Å². The topological polar surface area (TPSA) is 98.1 Å². The molecular formula is C11H8F6N4O2. The van der Waals surface area contributed by atoms with Crippen LogP contribution in [0.2, 0.25) is 0 Å².